The first-order chi connectivity index (χ1) is 6.16. The third-order valence-electron chi connectivity index (χ3n) is 1.91. The van der Waals surface area contributed by atoms with Crippen LogP contribution in [0.15, 0.2) is 6.20 Å². The van der Waals surface area contributed by atoms with Gasteiger partial charge in [-0.25, -0.2) is 0 Å². The van der Waals surface area contributed by atoms with Crippen molar-refractivity contribution in [2.75, 3.05) is 0 Å². The largest absolute Gasteiger partial charge is 0.348 e. The van der Waals surface area contributed by atoms with E-state index in [4.69, 9.17) is 0 Å². The molecule has 0 spiro atoms. The molecule has 0 bridgehead atoms. The molecule has 2 rings (SSSR count). The van der Waals surface area contributed by atoms with Crippen LogP contribution in [-0.4, -0.2) is 21.7 Å². The van der Waals surface area contributed by atoms with E-state index in [2.05, 4.69) is 33.0 Å². The predicted octanol–water partition coefficient (Wildman–Crippen LogP) is 0.917. The maximum atomic E-state index is 11.5. The Bertz CT molecular complexity index is 343. The molecule has 1 aliphatic carbocycles. The predicted molar refractivity (Wildman–Crippen MR) is 56.4 cm³/mol. The Hall–Kier alpha value is -0.590. The highest BCUT2D eigenvalue weighted by molar-refractivity contribution is 14.1. The molecule has 1 aromatic rings. The zero-order chi connectivity index (χ0) is 9.42. The number of hydrogen-bond acceptors (Lipinski definition) is 2. The fourth-order valence-electron chi connectivity index (χ4n) is 1.09. The minimum absolute atomic E-state index is 0.0486. The summed E-state index contributed by atoms with van der Waals surface area (Å²) < 4.78 is 2.56. The van der Waals surface area contributed by atoms with E-state index < -0.39 is 0 Å². The van der Waals surface area contributed by atoms with Crippen molar-refractivity contribution >= 4 is 28.5 Å². The zero-order valence-electron chi connectivity index (χ0n) is 7.25. The highest BCUT2D eigenvalue weighted by atomic mass is 127. The summed E-state index contributed by atoms with van der Waals surface area (Å²) in [6.07, 6.45) is 4.05. The van der Waals surface area contributed by atoms with Gasteiger partial charge in [0.05, 0.1) is 3.57 Å². The van der Waals surface area contributed by atoms with Gasteiger partial charge in [0.2, 0.25) is 0 Å². The Labute approximate surface area is 89.8 Å². The Morgan fingerprint density at radius 2 is 2.46 bits per heavy atom. The highest BCUT2D eigenvalue weighted by Gasteiger charge is 2.25. The monoisotopic (exact) mass is 291 g/mol. The molecule has 0 saturated heterocycles. The van der Waals surface area contributed by atoms with E-state index >= 15 is 0 Å². The van der Waals surface area contributed by atoms with Crippen molar-refractivity contribution in [2.24, 2.45) is 7.05 Å². The second-order valence-electron chi connectivity index (χ2n) is 3.25. The van der Waals surface area contributed by atoms with Crippen LogP contribution in [0, 0.1) is 3.57 Å². The minimum Gasteiger partial charge on any atom is -0.348 e. The van der Waals surface area contributed by atoms with Gasteiger partial charge in [-0.15, -0.1) is 0 Å². The van der Waals surface area contributed by atoms with Crippen LogP contribution in [0.1, 0.15) is 23.3 Å². The van der Waals surface area contributed by atoms with Crippen molar-refractivity contribution in [3.8, 4) is 0 Å². The minimum atomic E-state index is -0.0486. The van der Waals surface area contributed by atoms with Gasteiger partial charge < -0.3 is 5.32 Å². The van der Waals surface area contributed by atoms with Crippen LogP contribution in [0.3, 0.4) is 0 Å². The lowest BCUT2D eigenvalue weighted by atomic mass is 10.4. The van der Waals surface area contributed by atoms with E-state index in [1.807, 2.05) is 13.2 Å². The smallest absolute Gasteiger partial charge is 0.273 e. The Balaban J connectivity index is 2.13. The van der Waals surface area contributed by atoms with E-state index in [1.54, 1.807) is 4.68 Å². The van der Waals surface area contributed by atoms with Crippen LogP contribution in [0.25, 0.3) is 0 Å². The molecule has 1 amide bonds. The van der Waals surface area contributed by atoms with E-state index in [9.17, 15) is 4.79 Å². The number of carbonyl (C=O) groups excluding carboxylic acids is 1. The van der Waals surface area contributed by atoms with Gasteiger partial charge in [-0.2, -0.15) is 5.10 Å². The summed E-state index contributed by atoms with van der Waals surface area (Å²) in [4.78, 5) is 11.5. The zero-order valence-corrected chi connectivity index (χ0v) is 9.41. The molecule has 70 valence electrons. The lowest BCUT2D eigenvalue weighted by Gasteiger charge is -1.98. The molecule has 1 aliphatic rings. The summed E-state index contributed by atoms with van der Waals surface area (Å²) in [6.45, 7) is 0. The first-order valence-electron chi connectivity index (χ1n) is 4.17. The van der Waals surface area contributed by atoms with Crippen molar-refractivity contribution in [3.05, 3.63) is 15.5 Å². The number of aromatic nitrogens is 2. The standard InChI is InChI=1S/C8H10IN3O/c1-12-4-6(9)7(11-12)8(13)10-5-2-3-5/h4-5H,2-3H2,1H3,(H,10,13). The summed E-state index contributed by atoms with van der Waals surface area (Å²) >= 11 is 2.12. The molecule has 0 unspecified atom stereocenters. The molecule has 13 heavy (non-hydrogen) atoms. The van der Waals surface area contributed by atoms with Gasteiger partial charge in [0.15, 0.2) is 5.69 Å². The third kappa shape index (κ3) is 2.01. The number of amides is 1. The van der Waals surface area contributed by atoms with Gasteiger partial charge in [-0.05, 0) is 35.4 Å². The molecule has 1 fully saturated rings. The number of halogens is 1. The SMILES string of the molecule is Cn1cc(I)c(C(=O)NC2CC2)n1. The van der Waals surface area contributed by atoms with Crippen LogP contribution >= 0.6 is 22.6 Å². The maximum absolute atomic E-state index is 11.5. The lowest BCUT2D eigenvalue weighted by Crippen LogP contribution is -2.26. The average molecular weight is 291 g/mol. The molecule has 0 atom stereocenters. The van der Waals surface area contributed by atoms with Crippen LogP contribution in [0.2, 0.25) is 0 Å². The average Bonchev–Trinajstić information content (AvgIpc) is 2.77. The first-order valence-corrected chi connectivity index (χ1v) is 5.24. The molecule has 0 radical (unpaired) electrons. The highest BCUT2D eigenvalue weighted by Crippen LogP contribution is 2.19. The molecule has 5 heteroatoms. The van der Waals surface area contributed by atoms with E-state index in [1.165, 1.54) is 0 Å². The summed E-state index contributed by atoms with van der Waals surface area (Å²) in [5.41, 5.74) is 0.537. The van der Waals surface area contributed by atoms with Crippen LogP contribution in [-0.2, 0) is 7.05 Å². The summed E-state index contributed by atoms with van der Waals surface area (Å²) in [6, 6.07) is 0.394. The number of hydrogen-bond donors (Lipinski definition) is 1. The molecular formula is C8H10IN3O. The number of rotatable bonds is 2. The second kappa shape index (κ2) is 3.28. The fraction of sp³-hybridized carbons (Fsp3) is 0.500. The van der Waals surface area contributed by atoms with Crippen molar-refractivity contribution < 1.29 is 4.79 Å². The fourth-order valence-corrected chi connectivity index (χ4v) is 1.85. The molecule has 0 aliphatic heterocycles. The normalized spacial score (nSPS) is 15.8. The first kappa shape index (κ1) is 8.98. The molecule has 4 nitrogen and oxygen atoms in total. The Morgan fingerprint density at radius 1 is 1.77 bits per heavy atom. The summed E-state index contributed by atoms with van der Waals surface area (Å²) in [5, 5.41) is 6.99. The third-order valence-corrected chi connectivity index (χ3v) is 2.70. The topological polar surface area (TPSA) is 46.9 Å². The number of aryl methyl sites for hydroxylation is 1. The van der Waals surface area contributed by atoms with Gasteiger partial charge in [0, 0.05) is 19.3 Å². The summed E-state index contributed by atoms with van der Waals surface area (Å²) in [7, 11) is 1.82. The van der Waals surface area contributed by atoms with Crippen molar-refractivity contribution in [3.63, 3.8) is 0 Å². The maximum Gasteiger partial charge on any atom is 0.273 e. The van der Waals surface area contributed by atoms with Crippen LogP contribution in [0.4, 0.5) is 0 Å². The van der Waals surface area contributed by atoms with E-state index in [0.29, 0.717) is 11.7 Å². The molecule has 1 heterocycles. The van der Waals surface area contributed by atoms with Gasteiger partial charge in [-0.3, -0.25) is 9.48 Å². The van der Waals surface area contributed by atoms with Crippen molar-refractivity contribution in [2.45, 2.75) is 18.9 Å². The summed E-state index contributed by atoms with van der Waals surface area (Å²) in [5.74, 6) is -0.0486. The van der Waals surface area contributed by atoms with Crippen molar-refractivity contribution in [1.82, 2.24) is 15.1 Å². The second-order valence-corrected chi connectivity index (χ2v) is 4.41. The molecular weight excluding hydrogens is 281 g/mol. The van der Waals surface area contributed by atoms with Gasteiger partial charge >= 0.3 is 0 Å². The lowest BCUT2D eigenvalue weighted by molar-refractivity contribution is 0.0944. The van der Waals surface area contributed by atoms with Crippen molar-refractivity contribution in [1.29, 1.82) is 0 Å². The van der Waals surface area contributed by atoms with Crippen LogP contribution < -0.4 is 5.32 Å². The number of carbonyl (C=O) groups is 1. The molecule has 0 aromatic carbocycles. The van der Waals surface area contributed by atoms with Gasteiger partial charge in [0.1, 0.15) is 0 Å². The molecule has 1 N–H and O–H groups in total. The quantitative estimate of drug-likeness (QED) is 0.824. The molecule has 1 saturated carbocycles. The molecule has 1 aromatic heterocycles. The van der Waals surface area contributed by atoms with Crippen LogP contribution in [0.5, 0.6) is 0 Å². The van der Waals surface area contributed by atoms with Gasteiger partial charge in [0.25, 0.3) is 5.91 Å². The van der Waals surface area contributed by atoms with E-state index in [0.717, 1.165) is 16.4 Å². The number of nitrogens with one attached hydrogen (secondary N) is 1. The Kier molecular flexibility index (Phi) is 2.27. The van der Waals surface area contributed by atoms with E-state index in [-0.39, 0.29) is 5.91 Å². The number of nitrogens with zero attached hydrogens (tertiary/aromatic N) is 2. The Morgan fingerprint density at radius 3 is 2.92 bits per heavy atom. The van der Waals surface area contributed by atoms with Gasteiger partial charge in [-0.1, -0.05) is 0 Å².